The molecule has 1 heterocycles. The molecule has 5 rings (SSSR count). The molecule has 1 aromatic heterocycles. The first-order valence-corrected chi connectivity index (χ1v) is 13.9. The van der Waals surface area contributed by atoms with Gasteiger partial charge in [0.1, 0.15) is 11.5 Å². The van der Waals surface area contributed by atoms with Crippen molar-refractivity contribution in [1.29, 1.82) is 0 Å². The number of benzene rings is 4. The third-order valence-corrected chi connectivity index (χ3v) is 7.23. The van der Waals surface area contributed by atoms with E-state index < -0.39 is 0 Å². The van der Waals surface area contributed by atoms with E-state index in [2.05, 4.69) is 80.1 Å². The van der Waals surface area contributed by atoms with Crippen LogP contribution < -0.4 is 14.9 Å². The quantitative estimate of drug-likeness (QED) is 0.103. The zero-order valence-electron chi connectivity index (χ0n) is 22.2. The predicted molar refractivity (Wildman–Crippen MR) is 169 cm³/mol. The van der Waals surface area contributed by atoms with E-state index in [0.29, 0.717) is 17.9 Å². The number of amides is 1. The largest absolute Gasteiger partial charge is 0.496 e. The van der Waals surface area contributed by atoms with E-state index >= 15 is 0 Å². The van der Waals surface area contributed by atoms with Crippen LogP contribution in [0, 0.1) is 3.57 Å². The standard InChI is InChI=1S/C33H28IN3O3/c1-3-40-28-17-15-27(16-18-28)37-30(23-10-6-4-7-11-23)20-26(32(37)24-12-8-5-9-13-24)22-35-36-33(38)25-14-19-29(34)31(21-25)39-2/h4-22H,3H2,1-2H3,(H,36,38)/b35-22-. The van der Waals surface area contributed by atoms with E-state index in [4.69, 9.17) is 9.47 Å². The number of carbonyl (C=O) groups is 1. The maximum atomic E-state index is 12.9. The molecule has 0 saturated carbocycles. The zero-order valence-corrected chi connectivity index (χ0v) is 24.3. The van der Waals surface area contributed by atoms with E-state index in [-0.39, 0.29) is 5.91 Å². The van der Waals surface area contributed by atoms with E-state index in [9.17, 15) is 4.79 Å². The van der Waals surface area contributed by atoms with Gasteiger partial charge in [-0.15, -0.1) is 0 Å². The van der Waals surface area contributed by atoms with Crippen LogP contribution >= 0.6 is 22.6 Å². The Morgan fingerprint density at radius 2 is 1.57 bits per heavy atom. The predicted octanol–water partition coefficient (Wildman–Crippen LogP) is 7.59. The molecule has 0 aliphatic rings. The average Bonchev–Trinajstić information content (AvgIpc) is 3.38. The highest BCUT2D eigenvalue weighted by molar-refractivity contribution is 14.1. The number of hydrogen-bond donors (Lipinski definition) is 1. The van der Waals surface area contributed by atoms with Crippen molar-refractivity contribution in [2.24, 2.45) is 5.10 Å². The summed E-state index contributed by atoms with van der Waals surface area (Å²) in [5.74, 6) is 1.14. The summed E-state index contributed by atoms with van der Waals surface area (Å²) in [5, 5.41) is 4.36. The highest BCUT2D eigenvalue weighted by Gasteiger charge is 2.19. The third kappa shape index (κ3) is 5.94. The summed E-state index contributed by atoms with van der Waals surface area (Å²) >= 11 is 2.17. The van der Waals surface area contributed by atoms with Gasteiger partial charge in [-0.1, -0.05) is 60.7 Å². The van der Waals surface area contributed by atoms with E-state index in [1.54, 1.807) is 25.5 Å². The fourth-order valence-electron chi connectivity index (χ4n) is 4.49. The molecule has 1 N–H and O–H groups in total. The van der Waals surface area contributed by atoms with Crippen molar-refractivity contribution in [1.82, 2.24) is 9.99 Å². The normalized spacial score (nSPS) is 11.0. The van der Waals surface area contributed by atoms with Gasteiger partial charge in [0.25, 0.3) is 5.91 Å². The van der Waals surface area contributed by atoms with Gasteiger partial charge in [-0.3, -0.25) is 4.79 Å². The van der Waals surface area contributed by atoms with Gasteiger partial charge in [0, 0.05) is 16.8 Å². The van der Waals surface area contributed by atoms with Crippen molar-refractivity contribution >= 4 is 34.7 Å². The Kier molecular flexibility index (Phi) is 8.61. The Labute approximate surface area is 247 Å². The van der Waals surface area contributed by atoms with Crippen LogP contribution in [-0.2, 0) is 0 Å². The maximum absolute atomic E-state index is 12.9. The van der Waals surface area contributed by atoms with Crippen LogP contribution in [-0.4, -0.2) is 30.4 Å². The minimum Gasteiger partial charge on any atom is -0.496 e. The number of nitrogens with zero attached hydrogens (tertiary/aromatic N) is 2. The van der Waals surface area contributed by atoms with Gasteiger partial charge in [0.2, 0.25) is 0 Å². The monoisotopic (exact) mass is 641 g/mol. The first-order chi connectivity index (χ1) is 19.6. The topological polar surface area (TPSA) is 64.8 Å². The second-order valence-corrected chi connectivity index (χ2v) is 10.0. The number of hydrogen-bond acceptors (Lipinski definition) is 4. The van der Waals surface area contributed by atoms with Crippen LogP contribution in [0.1, 0.15) is 22.8 Å². The van der Waals surface area contributed by atoms with Crippen LogP contribution in [0.3, 0.4) is 0 Å². The first-order valence-electron chi connectivity index (χ1n) is 12.9. The molecule has 200 valence electrons. The fourth-order valence-corrected chi connectivity index (χ4v) is 5.05. The second kappa shape index (κ2) is 12.7. The summed E-state index contributed by atoms with van der Waals surface area (Å²) < 4.78 is 14.2. The molecule has 5 aromatic rings. The van der Waals surface area contributed by atoms with Gasteiger partial charge in [0.15, 0.2) is 0 Å². The van der Waals surface area contributed by atoms with Crippen LogP contribution in [0.2, 0.25) is 0 Å². The molecule has 0 bridgehead atoms. The molecule has 0 aliphatic heterocycles. The van der Waals surface area contributed by atoms with E-state index in [1.165, 1.54) is 0 Å². The lowest BCUT2D eigenvalue weighted by atomic mass is 10.1. The lowest BCUT2D eigenvalue weighted by molar-refractivity contribution is 0.0954. The van der Waals surface area contributed by atoms with Crippen molar-refractivity contribution < 1.29 is 14.3 Å². The number of hydrazone groups is 1. The number of ether oxygens (including phenoxy) is 2. The van der Waals surface area contributed by atoms with Crippen molar-refractivity contribution in [3.63, 3.8) is 0 Å². The van der Waals surface area contributed by atoms with E-state index in [1.807, 2.05) is 61.5 Å². The number of carbonyl (C=O) groups excluding carboxylic acids is 1. The SMILES string of the molecule is CCOc1ccc(-n2c(-c3ccccc3)cc(/C=N\NC(=O)c3ccc(I)c(OC)c3)c2-c2ccccc2)cc1. The molecule has 4 aromatic carbocycles. The van der Waals surface area contributed by atoms with Gasteiger partial charge in [0.05, 0.1) is 34.9 Å². The molecule has 0 aliphatic carbocycles. The summed E-state index contributed by atoms with van der Waals surface area (Å²) in [4.78, 5) is 12.9. The summed E-state index contributed by atoms with van der Waals surface area (Å²) in [5.41, 5.74) is 9.02. The fraction of sp³-hybridized carbons (Fsp3) is 0.0909. The second-order valence-electron chi connectivity index (χ2n) is 8.88. The maximum Gasteiger partial charge on any atom is 0.271 e. The molecular formula is C33H28IN3O3. The zero-order chi connectivity index (χ0) is 27.9. The van der Waals surface area contributed by atoms with Crippen LogP contribution in [0.5, 0.6) is 11.5 Å². The number of aromatic nitrogens is 1. The summed E-state index contributed by atoms with van der Waals surface area (Å²) in [6, 6.07) is 35.8. The highest BCUT2D eigenvalue weighted by atomic mass is 127. The van der Waals surface area contributed by atoms with Crippen LogP contribution in [0.4, 0.5) is 0 Å². The van der Waals surface area contributed by atoms with Gasteiger partial charge in [-0.05, 0) is 89.2 Å². The molecule has 0 fully saturated rings. The van der Waals surface area contributed by atoms with Crippen molar-refractivity contribution in [2.75, 3.05) is 13.7 Å². The number of halogens is 1. The van der Waals surface area contributed by atoms with Crippen molar-refractivity contribution in [2.45, 2.75) is 6.92 Å². The molecule has 1 amide bonds. The van der Waals surface area contributed by atoms with Crippen LogP contribution in [0.15, 0.2) is 114 Å². The summed E-state index contributed by atoms with van der Waals surface area (Å²) in [6.45, 7) is 2.58. The Morgan fingerprint density at radius 1 is 0.900 bits per heavy atom. The van der Waals surface area contributed by atoms with Gasteiger partial charge >= 0.3 is 0 Å². The van der Waals surface area contributed by atoms with Crippen LogP contribution in [0.25, 0.3) is 28.2 Å². The summed E-state index contributed by atoms with van der Waals surface area (Å²) in [6.07, 6.45) is 1.70. The smallest absolute Gasteiger partial charge is 0.271 e. The Hall–Kier alpha value is -4.37. The molecule has 7 heteroatoms. The van der Waals surface area contributed by atoms with Crippen molar-refractivity contribution in [3.8, 4) is 39.7 Å². The number of nitrogens with one attached hydrogen (secondary N) is 1. The molecule has 0 unspecified atom stereocenters. The lowest BCUT2D eigenvalue weighted by Gasteiger charge is -2.15. The number of rotatable bonds is 9. The molecule has 0 saturated heterocycles. The molecule has 6 nitrogen and oxygen atoms in total. The lowest BCUT2D eigenvalue weighted by Crippen LogP contribution is -2.17. The molecule has 0 radical (unpaired) electrons. The highest BCUT2D eigenvalue weighted by Crippen LogP contribution is 2.36. The van der Waals surface area contributed by atoms with Crippen molar-refractivity contribution in [3.05, 3.63) is 124 Å². The first kappa shape index (κ1) is 27.2. The minimum absolute atomic E-state index is 0.318. The molecular weight excluding hydrogens is 613 g/mol. The third-order valence-electron chi connectivity index (χ3n) is 6.34. The number of methoxy groups -OCH3 is 1. The molecule has 40 heavy (non-hydrogen) atoms. The summed E-state index contributed by atoms with van der Waals surface area (Å²) in [7, 11) is 1.59. The van der Waals surface area contributed by atoms with Gasteiger partial charge < -0.3 is 14.0 Å². The van der Waals surface area contributed by atoms with E-state index in [0.717, 1.165) is 43.1 Å². The molecule has 0 spiro atoms. The van der Waals surface area contributed by atoms with Gasteiger partial charge in [-0.25, -0.2) is 5.43 Å². The van der Waals surface area contributed by atoms with Gasteiger partial charge in [-0.2, -0.15) is 5.10 Å². The minimum atomic E-state index is -0.318. The Bertz CT molecular complexity index is 1630. The average molecular weight is 642 g/mol. The molecule has 0 atom stereocenters. The Balaban J connectivity index is 1.59. The Morgan fingerprint density at radius 3 is 2.23 bits per heavy atom.